The monoisotopic (exact) mass is 272 g/mol. The van der Waals surface area contributed by atoms with Crippen molar-refractivity contribution in [3.63, 3.8) is 0 Å². The Morgan fingerprint density at radius 1 is 1.10 bits per heavy atom. The Morgan fingerprint density at radius 3 is 2.70 bits per heavy atom. The van der Waals surface area contributed by atoms with Gasteiger partial charge < -0.3 is 14.8 Å². The first-order valence-electron chi connectivity index (χ1n) is 6.65. The average molecular weight is 272 g/mol. The lowest BCUT2D eigenvalue weighted by Crippen LogP contribution is -2.17. The van der Waals surface area contributed by atoms with Crippen LogP contribution in [0.2, 0.25) is 0 Å². The predicted octanol–water partition coefficient (Wildman–Crippen LogP) is 2.43. The summed E-state index contributed by atoms with van der Waals surface area (Å²) in [5.41, 5.74) is 2.19. The summed E-state index contributed by atoms with van der Waals surface area (Å²) >= 11 is 0. The van der Waals surface area contributed by atoms with Gasteiger partial charge in [-0.1, -0.05) is 6.07 Å². The summed E-state index contributed by atoms with van der Waals surface area (Å²) in [6.07, 6.45) is 2.69. The number of ether oxygens (including phenoxy) is 2. The minimum absolute atomic E-state index is 0.771. The lowest BCUT2D eigenvalue weighted by atomic mass is 10.1. The first kappa shape index (κ1) is 14.3. The van der Waals surface area contributed by atoms with Crippen molar-refractivity contribution in [3.8, 4) is 11.5 Å². The van der Waals surface area contributed by atoms with Crippen LogP contribution >= 0.6 is 0 Å². The summed E-state index contributed by atoms with van der Waals surface area (Å²) in [5.74, 6) is 1.75. The average Bonchev–Trinajstić information content (AvgIpc) is 2.52. The van der Waals surface area contributed by atoms with Gasteiger partial charge in [0.15, 0.2) is 0 Å². The second-order valence-electron chi connectivity index (χ2n) is 4.43. The van der Waals surface area contributed by atoms with Crippen LogP contribution in [0, 0.1) is 0 Å². The van der Waals surface area contributed by atoms with Gasteiger partial charge in [0.2, 0.25) is 0 Å². The lowest BCUT2D eigenvalue weighted by molar-refractivity contribution is 0.398. The Labute approximate surface area is 119 Å². The zero-order chi connectivity index (χ0) is 14.2. The van der Waals surface area contributed by atoms with Gasteiger partial charge in [0, 0.05) is 12.7 Å². The first-order chi connectivity index (χ1) is 9.83. The van der Waals surface area contributed by atoms with Crippen molar-refractivity contribution in [2.24, 2.45) is 0 Å². The summed E-state index contributed by atoms with van der Waals surface area (Å²) in [6.45, 7) is 1.63. The number of aromatic nitrogens is 1. The standard InChI is InChI=1S/C16H20N2O2/c1-19-15-6-7-16(20-2)13(11-15)8-10-17-12-14-5-3-4-9-18-14/h3-7,9,11,17H,8,10,12H2,1-2H3. The van der Waals surface area contributed by atoms with E-state index in [2.05, 4.69) is 10.3 Å². The quantitative estimate of drug-likeness (QED) is 0.786. The molecule has 20 heavy (non-hydrogen) atoms. The molecule has 1 aromatic heterocycles. The van der Waals surface area contributed by atoms with Crippen molar-refractivity contribution in [1.82, 2.24) is 10.3 Å². The Kier molecular flexibility index (Phi) is 5.38. The molecule has 0 radical (unpaired) electrons. The SMILES string of the molecule is COc1ccc(OC)c(CCNCc2ccccn2)c1. The van der Waals surface area contributed by atoms with Crippen molar-refractivity contribution >= 4 is 0 Å². The molecule has 0 saturated carbocycles. The molecule has 4 nitrogen and oxygen atoms in total. The van der Waals surface area contributed by atoms with Gasteiger partial charge in [0.25, 0.3) is 0 Å². The molecule has 2 aromatic rings. The molecule has 0 bridgehead atoms. The van der Waals surface area contributed by atoms with Gasteiger partial charge in [0.1, 0.15) is 11.5 Å². The van der Waals surface area contributed by atoms with Crippen LogP contribution in [0.25, 0.3) is 0 Å². The maximum Gasteiger partial charge on any atom is 0.122 e. The molecule has 1 N–H and O–H groups in total. The Balaban J connectivity index is 1.87. The highest BCUT2D eigenvalue weighted by Gasteiger charge is 2.04. The van der Waals surface area contributed by atoms with E-state index in [1.54, 1.807) is 14.2 Å². The number of pyridine rings is 1. The topological polar surface area (TPSA) is 43.4 Å². The Morgan fingerprint density at radius 2 is 2.00 bits per heavy atom. The molecule has 1 heterocycles. The van der Waals surface area contributed by atoms with Crippen LogP contribution in [0.4, 0.5) is 0 Å². The van der Waals surface area contributed by atoms with E-state index in [1.165, 1.54) is 0 Å². The van der Waals surface area contributed by atoms with E-state index in [1.807, 2.05) is 42.6 Å². The number of benzene rings is 1. The highest BCUT2D eigenvalue weighted by Crippen LogP contribution is 2.24. The highest BCUT2D eigenvalue weighted by molar-refractivity contribution is 5.40. The van der Waals surface area contributed by atoms with E-state index in [0.29, 0.717) is 0 Å². The smallest absolute Gasteiger partial charge is 0.122 e. The van der Waals surface area contributed by atoms with Gasteiger partial charge >= 0.3 is 0 Å². The van der Waals surface area contributed by atoms with Gasteiger partial charge in [-0.3, -0.25) is 4.98 Å². The molecule has 0 amide bonds. The molecule has 0 saturated heterocycles. The second-order valence-corrected chi connectivity index (χ2v) is 4.43. The summed E-state index contributed by atoms with van der Waals surface area (Å²) in [7, 11) is 3.36. The molecule has 106 valence electrons. The van der Waals surface area contributed by atoms with Crippen LogP contribution in [0.3, 0.4) is 0 Å². The van der Waals surface area contributed by atoms with Gasteiger partial charge in [-0.2, -0.15) is 0 Å². The predicted molar refractivity (Wildman–Crippen MR) is 79.2 cm³/mol. The molecule has 0 unspecified atom stereocenters. The minimum Gasteiger partial charge on any atom is -0.497 e. The molecule has 4 heteroatoms. The fourth-order valence-corrected chi connectivity index (χ4v) is 2.02. The number of hydrogen-bond donors (Lipinski definition) is 1. The third-order valence-corrected chi connectivity index (χ3v) is 3.09. The fraction of sp³-hybridized carbons (Fsp3) is 0.312. The van der Waals surface area contributed by atoms with Crippen molar-refractivity contribution in [1.29, 1.82) is 0 Å². The number of rotatable bonds is 7. The molecule has 0 atom stereocenters. The molecule has 1 aromatic carbocycles. The van der Waals surface area contributed by atoms with Crippen LogP contribution < -0.4 is 14.8 Å². The van der Waals surface area contributed by atoms with Gasteiger partial charge in [-0.25, -0.2) is 0 Å². The van der Waals surface area contributed by atoms with Crippen LogP contribution in [-0.4, -0.2) is 25.7 Å². The van der Waals surface area contributed by atoms with Crippen molar-refractivity contribution in [2.75, 3.05) is 20.8 Å². The zero-order valence-corrected chi connectivity index (χ0v) is 11.9. The van der Waals surface area contributed by atoms with E-state index < -0.39 is 0 Å². The van der Waals surface area contributed by atoms with E-state index in [4.69, 9.17) is 9.47 Å². The Hall–Kier alpha value is -2.07. The largest absolute Gasteiger partial charge is 0.497 e. The molecule has 0 aliphatic rings. The third-order valence-electron chi connectivity index (χ3n) is 3.09. The highest BCUT2D eigenvalue weighted by atomic mass is 16.5. The maximum absolute atomic E-state index is 5.36. The summed E-state index contributed by atoms with van der Waals surface area (Å²) in [5, 5.41) is 3.38. The fourth-order valence-electron chi connectivity index (χ4n) is 2.02. The number of hydrogen-bond acceptors (Lipinski definition) is 4. The number of nitrogens with one attached hydrogen (secondary N) is 1. The van der Waals surface area contributed by atoms with E-state index in [0.717, 1.165) is 42.3 Å². The van der Waals surface area contributed by atoms with Gasteiger partial charge in [-0.05, 0) is 48.9 Å². The van der Waals surface area contributed by atoms with Gasteiger partial charge in [-0.15, -0.1) is 0 Å². The molecule has 0 aliphatic heterocycles. The third kappa shape index (κ3) is 3.96. The van der Waals surface area contributed by atoms with E-state index in [9.17, 15) is 0 Å². The van der Waals surface area contributed by atoms with Crippen LogP contribution in [0.5, 0.6) is 11.5 Å². The number of nitrogens with zero attached hydrogens (tertiary/aromatic N) is 1. The van der Waals surface area contributed by atoms with Crippen LogP contribution in [0.15, 0.2) is 42.6 Å². The molecular formula is C16H20N2O2. The van der Waals surface area contributed by atoms with Crippen molar-refractivity contribution in [3.05, 3.63) is 53.9 Å². The molecular weight excluding hydrogens is 252 g/mol. The summed E-state index contributed by atoms with van der Waals surface area (Å²) in [6, 6.07) is 11.8. The normalized spacial score (nSPS) is 10.3. The lowest BCUT2D eigenvalue weighted by Gasteiger charge is -2.11. The molecule has 0 spiro atoms. The van der Waals surface area contributed by atoms with Gasteiger partial charge in [0.05, 0.1) is 19.9 Å². The second kappa shape index (κ2) is 7.50. The van der Waals surface area contributed by atoms with E-state index >= 15 is 0 Å². The van der Waals surface area contributed by atoms with Crippen molar-refractivity contribution < 1.29 is 9.47 Å². The summed E-state index contributed by atoms with van der Waals surface area (Å²) in [4.78, 5) is 4.28. The molecule has 2 rings (SSSR count). The summed E-state index contributed by atoms with van der Waals surface area (Å²) < 4.78 is 10.6. The van der Waals surface area contributed by atoms with Crippen LogP contribution in [0.1, 0.15) is 11.3 Å². The maximum atomic E-state index is 5.36. The molecule has 0 fully saturated rings. The minimum atomic E-state index is 0.771. The van der Waals surface area contributed by atoms with Crippen molar-refractivity contribution in [2.45, 2.75) is 13.0 Å². The van der Waals surface area contributed by atoms with E-state index in [-0.39, 0.29) is 0 Å². The van der Waals surface area contributed by atoms with Crippen LogP contribution in [-0.2, 0) is 13.0 Å². The molecule has 0 aliphatic carbocycles. The number of methoxy groups -OCH3 is 2. The first-order valence-corrected chi connectivity index (χ1v) is 6.65. The zero-order valence-electron chi connectivity index (χ0n) is 11.9. The Bertz CT molecular complexity index is 529.